The quantitative estimate of drug-likeness (QED) is 0.731. The minimum Gasteiger partial charge on any atom is -0.466 e. The van der Waals surface area contributed by atoms with Gasteiger partial charge in [-0.3, -0.25) is 4.79 Å². The number of hydrogen-bond acceptors (Lipinski definition) is 6. The fourth-order valence-electron chi connectivity index (χ4n) is 2.75. The van der Waals surface area contributed by atoms with Crippen molar-refractivity contribution in [1.82, 2.24) is 14.8 Å². The highest BCUT2D eigenvalue weighted by Crippen LogP contribution is 2.36. The zero-order valence-electron chi connectivity index (χ0n) is 15.8. The lowest BCUT2D eigenvalue weighted by Gasteiger charge is -2.10. The molecule has 28 heavy (non-hydrogen) atoms. The molecule has 0 atom stereocenters. The van der Waals surface area contributed by atoms with E-state index in [1.54, 1.807) is 4.68 Å². The van der Waals surface area contributed by atoms with E-state index in [1.165, 1.54) is 7.11 Å². The van der Waals surface area contributed by atoms with Gasteiger partial charge < -0.3 is 19.5 Å². The maximum absolute atomic E-state index is 11.9. The van der Waals surface area contributed by atoms with Gasteiger partial charge in [0.25, 0.3) is 0 Å². The number of carbonyl (C=O) groups excluding carboxylic acids is 1. The van der Waals surface area contributed by atoms with Crippen LogP contribution in [0.25, 0.3) is 17.1 Å². The molecule has 0 unspecified atom stereocenters. The normalized spacial score (nSPS) is 12.3. The van der Waals surface area contributed by atoms with E-state index >= 15 is 0 Å². The molecule has 0 fully saturated rings. The number of rotatable bonds is 5. The lowest BCUT2D eigenvalue weighted by atomic mass is 10.2. The summed E-state index contributed by atoms with van der Waals surface area (Å²) in [4.78, 5) is 16.3. The molecular weight excluding hydrogens is 360 g/mol. The molecule has 1 aliphatic heterocycles. The lowest BCUT2D eigenvalue weighted by Crippen LogP contribution is -2.17. The Kier molecular flexibility index (Phi) is 4.60. The molecule has 0 saturated carbocycles. The summed E-state index contributed by atoms with van der Waals surface area (Å²) in [5.74, 6) is 1.85. The van der Waals surface area contributed by atoms with Crippen molar-refractivity contribution >= 4 is 11.6 Å². The van der Waals surface area contributed by atoms with Gasteiger partial charge in [-0.05, 0) is 42.5 Å². The Labute approximate surface area is 162 Å². The number of fused-ring (bicyclic) bond motifs is 1. The molecule has 0 saturated heterocycles. The van der Waals surface area contributed by atoms with Gasteiger partial charge in [-0.25, -0.2) is 4.68 Å². The monoisotopic (exact) mass is 380 g/mol. The first-order valence-corrected chi connectivity index (χ1v) is 8.87. The van der Waals surface area contributed by atoms with Gasteiger partial charge in [-0.15, -0.1) is 5.10 Å². The number of anilines is 1. The van der Waals surface area contributed by atoms with Crippen molar-refractivity contribution in [3.8, 4) is 34.6 Å². The van der Waals surface area contributed by atoms with E-state index in [2.05, 4.69) is 15.4 Å². The van der Waals surface area contributed by atoms with Crippen LogP contribution in [0.3, 0.4) is 0 Å². The molecule has 1 aliphatic rings. The molecule has 0 radical (unpaired) electrons. The molecule has 144 valence electrons. The van der Waals surface area contributed by atoms with Crippen LogP contribution in [0.2, 0.25) is 0 Å². The lowest BCUT2D eigenvalue weighted by molar-refractivity contribution is -0.118. The number of aromatic nitrogens is 3. The van der Waals surface area contributed by atoms with Crippen molar-refractivity contribution in [3.05, 3.63) is 42.5 Å². The average Bonchev–Trinajstić information content (AvgIpc) is 3.34. The fourth-order valence-corrected chi connectivity index (χ4v) is 2.75. The van der Waals surface area contributed by atoms with Crippen LogP contribution < -0.4 is 19.5 Å². The van der Waals surface area contributed by atoms with E-state index in [0.717, 1.165) is 16.9 Å². The summed E-state index contributed by atoms with van der Waals surface area (Å²) >= 11 is 0. The summed E-state index contributed by atoms with van der Waals surface area (Å²) in [6.45, 7) is 3.91. The third-order valence-corrected chi connectivity index (χ3v) is 4.30. The first kappa shape index (κ1) is 17.8. The van der Waals surface area contributed by atoms with Crippen molar-refractivity contribution < 1.29 is 19.0 Å². The van der Waals surface area contributed by atoms with Crippen LogP contribution in [0.1, 0.15) is 13.8 Å². The summed E-state index contributed by atoms with van der Waals surface area (Å²) in [7, 11) is 1.52. The molecule has 4 rings (SSSR count). The Morgan fingerprint density at radius 3 is 2.61 bits per heavy atom. The third kappa shape index (κ3) is 3.36. The van der Waals surface area contributed by atoms with Crippen molar-refractivity contribution in [2.24, 2.45) is 5.92 Å². The molecule has 8 nitrogen and oxygen atoms in total. The average molecular weight is 380 g/mol. The fraction of sp³-hybridized carbons (Fsp3) is 0.250. The van der Waals surface area contributed by atoms with Crippen LogP contribution >= 0.6 is 0 Å². The van der Waals surface area contributed by atoms with E-state index in [4.69, 9.17) is 14.2 Å². The summed E-state index contributed by atoms with van der Waals surface area (Å²) in [6, 6.07) is 13.2. The molecule has 8 heteroatoms. The number of carbonyl (C=O) groups is 1. The standard InChI is InChI=1S/C20H20N4O4/c1-12(2)19(25)21-14-5-7-15(8-6-14)24-18(22-20(23-24)26-3)13-4-9-16-17(10-13)28-11-27-16/h4-10,12H,11H2,1-3H3,(H,21,25). The number of amides is 1. The van der Waals surface area contributed by atoms with Gasteiger partial charge in [-0.2, -0.15) is 4.98 Å². The minimum atomic E-state index is -0.0862. The van der Waals surface area contributed by atoms with Gasteiger partial charge in [0, 0.05) is 17.2 Å². The van der Waals surface area contributed by atoms with E-state index < -0.39 is 0 Å². The second kappa shape index (κ2) is 7.22. The Hall–Kier alpha value is -3.55. The van der Waals surface area contributed by atoms with Crippen molar-refractivity contribution in [1.29, 1.82) is 0 Å². The first-order valence-electron chi connectivity index (χ1n) is 8.87. The van der Waals surface area contributed by atoms with E-state index in [-0.39, 0.29) is 24.6 Å². The first-order chi connectivity index (χ1) is 13.5. The molecular formula is C20H20N4O4. The summed E-state index contributed by atoms with van der Waals surface area (Å²) in [5, 5.41) is 7.28. The molecule has 0 bridgehead atoms. The van der Waals surface area contributed by atoms with Crippen LogP contribution in [0.5, 0.6) is 17.5 Å². The Bertz CT molecular complexity index is 1010. The molecule has 3 aromatic rings. The summed E-state index contributed by atoms with van der Waals surface area (Å²) < 4.78 is 17.7. The highest BCUT2D eigenvalue weighted by atomic mass is 16.7. The molecule has 2 aromatic carbocycles. The van der Waals surface area contributed by atoms with E-state index in [0.29, 0.717) is 17.3 Å². The number of ether oxygens (including phenoxy) is 3. The maximum Gasteiger partial charge on any atom is 0.336 e. The van der Waals surface area contributed by atoms with Crippen LogP contribution in [0, 0.1) is 5.92 Å². The highest BCUT2D eigenvalue weighted by Gasteiger charge is 2.19. The number of nitrogens with zero attached hydrogens (tertiary/aromatic N) is 3. The van der Waals surface area contributed by atoms with Crippen molar-refractivity contribution in [2.45, 2.75) is 13.8 Å². The topological polar surface area (TPSA) is 87.5 Å². The number of hydrogen-bond donors (Lipinski definition) is 1. The number of benzene rings is 2. The van der Waals surface area contributed by atoms with E-state index in [1.807, 2.05) is 56.3 Å². The molecule has 0 aliphatic carbocycles. The van der Waals surface area contributed by atoms with Crippen molar-refractivity contribution in [2.75, 3.05) is 19.2 Å². The van der Waals surface area contributed by atoms with Gasteiger partial charge in [-0.1, -0.05) is 13.8 Å². The van der Waals surface area contributed by atoms with E-state index in [9.17, 15) is 4.79 Å². The van der Waals surface area contributed by atoms with Gasteiger partial charge in [0.2, 0.25) is 12.7 Å². The number of methoxy groups -OCH3 is 1. The molecule has 1 amide bonds. The van der Waals surface area contributed by atoms with Gasteiger partial charge in [0.15, 0.2) is 17.3 Å². The molecule has 1 aromatic heterocycles. The second-order valence-electron chi connectivity index (χ2n) is 6.59. The highest BCUT2D eigenvalue weighted by molar-refractivity contribution is 5.92. The largest absolute Gasteiger partial charge is 0.466 e. The van der Waals surface area contributed by atoms with Crippen LogP contribution in [-0.2, 0) is 4.79 Å². The second-order valence-corrected chi connectivity index (χ2v) is 6.59. The predicted octanol–water partition coefficient (Wildman–Crippen LogP) is 3.27. The Morgan fingerprint density at radius 1 is 1.14 bits per heavy atom. The van der Waals surface area contributed by atoms with Crippen LogP contribution in [-0.4, -0.2) is 34.6 Å². The molecule has 1 N–H and O–H groups in total. The zero-order chi connectivity index (χ0) is 19.7. The summed E-state index contributed by atoms with van der Waals surface area (Å²) in [5.41, 5.74) is 2.32. The smallest absolute Gasteiger partial charge is 0.336 e. The SMILES string of the molecule is COc1nc(-c2ccc3c(c2)OCO3)n(-c2ccc(NC(=O)C(C)C)cc2)n1. The van der Waals surface area contributed by atoms with Gasteiger partial charge >= 0.3 is 6.01 Å². The van der Waals surface area contributed by atoms with Gasteiger partial charge in [0.05, 0.1) is 12.8 Å². The van der Waals surface area contributed by atoms with Crippen LogP contribution in [0.4, 0.5) is 5.69 Å². The van der Waals surface area contributed by atoms with Crippen LogP contribution in [0.15, 0.2) is 42.5 Å². The minimum absolute atomic E-state index is 0.0313. The molecule has 2 heterocycles. The van der Waals surface area contributed by atoms with Crippen molar-refractivity contribution in [3.63, 3.8) is 0 Å². The Morgan fingerprint density at radius 2 is 1.89 bits per heavy atom. The zero-order valence-corrected chi connectivity index (χ0v) is 15.8. The Balaban J connectivity index is 1.68. The maximum atomic E-state index is 11.9. The number of nitrogens with one attached hydrogen (secondary N) is 1. The predicted molar refractivity (Wildman–Crippen MR) is 103 cm³/mol. The van der Waals surface area contributed by atoms with Gasteiger partial charge in [0.1, 0.15) is 0 Å². The molecule has 0 spiro atoms. The third-order valence-electron chi connectivity index (χ3n) is 4.30. The summed E-state index contributed by atoms with van der Waals surface area (Å²) in [6.07, 6.45) is 0.